The van der Waals surface area contributed by atoms with Crippen LogP contribution in [0, 0.1) is 12.8 Å². The summed E-state index contributed by atoms with van der Waals surface area (Å²) >= 11 is 0. The van der Waals surface area contributed by atoms with E-state index in [2.05, 4.69) is 13.0 Å². The third kappa shape index (κ3) is 1.12. The molecule has 8 heavy (non-hydrogen) atoms. The van der Waals surface area contributed by atoms with E-state index in [1.807, 2.05) is 0 Å². The average molecular weight is 108 g/mol. The maximum atomic E-state index is 5.71. The molecule has 0 spiro atoms. The lowest BCUT2D eigenvalue weighted by Crippen LogP contribution is -2.00. The van der Waals surface area contributed by atoms with Gasteiger partial charge in [-0.3, -0.25) is 0 Å². The van der Waals surface area contributed by atoms with Crippen molar-refractivity contribution in [2.75, 3.05) is 0 Å². The second-order valence-electron chi connectivity index (χ2n) is 2.49. The summed E-state index contributed by atoms with van der Waals surface area (Å²) in [5, 5.41) is 0. The Morgan fingerprint density at radius 3 is 2.88 bits per heavy atom. The van der Waals surface area contributed by atoms with Gasteiger partial charge < -0.3 is 0 Å². The SMILES string of the molecule is [CH]C1CCCC=C1C. The first kappa shape index (κ1) is 5.87. The molecule has 1 atom stereocenters. The highest BCUT2D eigenvalue weighted by molar-refractivity contribution is 5.07. The molecule has 1 aliphatic rings. The van der Waals surface area contributed by atoms with Crippen LogP contribution in [-0.2, 0) is 0 Å². The molecule has 1 unspecified atom stereocenters. The van der Waals surface area contributed by atoms with E-state index in [4.69, 9.17) is 6.92 Å². The normalized spacial score (nSPS) is 29.8. The molecule has 2 radical (unpaired) electrons. The quantitative estimate of drug-likeness (QED) is 0.418. The summed E-state index contributed by atoms with van der Waals surface area (Å²) in [4.78, 5) is 0. The van der Waals surface area contributed by atoms with Crippen LogP contribution in [-0.4, -0.2) is 0 Å². The molecule has 1 rings (SSSR count). The number of allylic oxidation sites excluding steroid dienone is 2. The van der Waals surface area contributed by atoms with Crippen LogP contribution in [0.15, 0.2) is 11.6 Å². The van der Waals surface area contributed by atoms with Gasteiger partial charge in [-0.15, -0.1) is 0 Å². The molecule has 0 saturated carbocycles. The largest absolute Gasteiger partial charge is 0.0853 e. The summed E-state index contributed by atoms with van der Waals surface area (Å²) < 4.78 is 0. The molecule has 0 N–H and O–H groups in total. The molecule has 0 nitrogen and oxygen atoms in total. The molecule has 1 aliphatic carbocycles. The second-order valence-corrected chi connectivity index (χ2v) is 2.49. The lowest BCUT2D eigenvalue weighted by molar-refractivity contribution is 0.595. The number of hydrogen-bond acceptors (Lipinski definition) is 0. The minimum absolute atomic E-state index is 0.365. The first-order chi connectivity index (χ1) is 3.80. The van der Waals surface area contributed by atoms with Crippen LogP contribution >= 0.6 is 0 Å². The maximum Gasteiger partial charge on any atom is -0.0172 e. The Morgan fingerprint density at radius 2 is 2.50 bits per heavy atom. The van der Waals surface area contributed by atoms with E-state index in [1.165, 1.54) is 24.8 Å². The first-order valence-corrected chi connectivity index (χ1v) is 3.23. The fourth-order valence-electron chi connectivity index (χ4n) is 1.05. The van der Waals surface area contributed by atoms with Crippen LogP contribution in [0.5, 0.6) is 0 Å². The molecule has 0 amide bonds. The third-order valence-electron chi connectivity index (χ3n) is 1.77. The zero-order valence-corrected chi connectivity index (χ0v) is 5.35. The smallest absolute Gasteiger partial charge is 0.0172 e. The summed E-state index contributed by atoms with van der Waals surface area (Å²) in [6.07, 6.45) is 5.94. The summed E-state index contributed by atoms with van der Waals surface area (Å²) in [6, 6.07) is 0. The highest BCUT2D eigenvalue weighted by Crippen LogP contribution is 2.22. The Hall–Kier alpha value is -0.260. The molecule has 0 heterocycles. The maximum absolute atomic E-state index is 5.71. The van der Waals surface area contributed by atoms with Crippen molar-refractivity contribution < 1.29 is 0 Å². The van der Waals surface area contributed by atoms with E-state index in [0.29, 0.717) is 5.92 Å². The molecule has 0 aliphatic heterocycles. The Bertz CT molecular complexity index is 101. The zero-order chi connectivity index (χ0) is 5.98. The van der Waals surface area contributed by atoms with Crippen molar-refractivity contribution >= 4 is 0 Å². The van der Waals surface area contributed by atoms with Crippen LogP contribution in [0.25, 0.3) is 0 Å². The molecule has 0 heteroatoms. The molecular weight excluding hydrogens is 96.1 g/mol. The van der Waals surface area contributed by atoms with E-state index in [0.717, 1.165) is 0 Å². The van der Waals surface area contributed by atoms with Gasteiger partial charge in [-0.2, -0.15) is 0 Å². The van der Waals surface area contributed by atoms with Crippen LogP contribution in [0.2, 0.25) is 0 Å². The van der Waals surface area contributed by atoms with Crippen molar-refractivity contribution in [2.24, 2.45) is 5.92 Å². The van der Waals surface area contributed by atoms with Gasteiger partial charge in [0.1, 0.15) is 0 Å². The molecule has 0 aromatic carbocycles. The Labute approximate surface area is 51.6 Å². The molecule has 0 aromatic heterocycles. The van der Waals surface area contributed by atoms with Gasteiger partial charge >= 0.3 is 0 Å². The second kappa shape index (κ2) is 2.34. The Kier molecular flexibility index (Phi) is 1.72. The lowest BCUT2D eigenvalue weighted by atomic mass is 9.91. The predicted octanol–water partition coefficient (Wildman–Crippen LogP) is 2.44. The van der Waals surface area contributed by atoms with Crippen LogP contribution in [0.3, 0.4) is 0 Å². The topological polar surface area (TPSA) is 0 Å². The first-order valence-electron chi connectivity index (χ1n) is 3.23. The van der Waals surface area contributed by atoms with Crippen molar-refractivity contribution in [3.63, 3.8) is 0 Å². The van der Waals surface area contributed by atoms with Crippen molar-refractivity contribution in [1.82, 2.24) is 0 Å². The van der Waals surface area contributed by atoms with Crippen molar-refractivity contribution in [1.29, 1.82) is 0 Å². The highest BCUT2D eigenvalue weighted by Gasteiger charge is 2.07. The van der Waals surface area contributed by atoms with E-state index < -0.39 is 0 Å². The predicted molar refractivity (Wildman–Crippen MR) is 35.4 cm³/mol. The fourth-order valence-corrected chi connectivity index (χ4v) is 1.05. The van der Waals surface area contributed by atoms with Crippen molar-refractivity contribution in [3.05, 3.63) is 18.6 Å². The van der Waals surface area contributed by atoms with Gasteiger partial charge in [-0.1, -0.05) is 11.6 Å². The van der Waals surface area contributed by atoms with Crippen molar-refractivity contribution in [3.8, 4) is 0 Å². The van der Waals surface area contributed by atoms with E-state index in [1.54, 1.807) is 0 Å². The zero-order valence-electron chi connectivity index (χ0n) is 5.35. The Morgan fingerprint density at radius 1 is 1.75 bits per heavy atom. The standard InChI is InChI=1S/C8H12/c1-7-5-3-4-6-8(7)2/h1,6-7H,3-5H2,2H3. The van der Waals surface area contributed by atoms with Crippen LogP contribution in [0.1, 0.15) is 26.2 Å². The van der Waals surface area contributed by atoms with Gasteiger partial charge in [0.05, 0.1) is 0 Å². The summed E-state index contributed by atoms with van der Waals surface area (Å²) in [7, 11) is 0. The molecule has 44 valence electrons. The van der Waals surface area contributed by atoms with E-state index in [9.17, 15) is 0 Å². The van der Waals surface area contributed by atoms with Gasteiger partial charge in [0.15, 0.2) is 0 Å². The summed E-state index contributed by atoms with van der Waals surface area (Å²) in [5.74, 6) is 0.365. The van der Waals surface area contributed by atoms with Crippen LogP contribution in [0.4, 0.5) is 0 Å². The Balaban J connectivity index is 2.53. The monoisotopic (exact) mass is 108 g/mol. The molecular formula is C8H12. The van der Waals surface area contributed by atoms with Gasteiger partial charge in [0, 0.05) is 0 Å². The molecule has 0 aromatic rings. The molecule has 0 fully saturated rings. The summed E-state index contributed by atoms with van der Waals surface area (Å²) in [6.45, 7) is 7.82. The van der Waals surface area contributed by atoms with Gasteiger partial charge in [0.2, 0.25) is 0 Å². The lowest BCUT2D eigenvalue weighted by Gasteiger charge is -2.15. The minimum atomic E-state index is 0.365. The van der Waals surface area contributed by atoms with Gasteiger partial charge in [-0.05, 0) is 39.0 Å². The van der Waals surface area contributed by atoms with Crippen LogP contribution < -0.4 is 0 Å². The highest BCUT2D eigenvalue weighted by atomic mass is 14.1. The van der Waals surface area contributed by atoms with Gasteiger partial charge in [0.25, 0.3) is 0 Å². The molecule has 0 bridgehead atoms. The fraction of sp³-hybridized carbons (Fsp3) is 0.625. The average Bonchev–Trinajstić information content (AvgIpc) is 1.77. The van der Waals surface area contributed by atoms with Gasteiger partial charge in [-0.25, -0.2) is 0 Å². The summed E-state index contributed by atoms with van der Waals surface area (Å²) in [5.41, 5.74) is 1.37. The number of rotatable bonds is 0. The number of hydrogen-bond donors (Lipinski definition) is 0. The minimum Gasteiger partial charge on any atom is -0.0853 e. The van der Waals surface area contributed by atoms with Crippen molar-refractivity contribution in [2.45, 2.75) is 26.2 Å². The van der Waals surface area contributed by atoms with E-state index >= 15 is 0 Å². The van der Waals surface area contributed by atoms with E-state index in [-0.39, 0.29) is 0 Å². The molecule has 0 saturated heterocycles. The third-order valence-corrected chi connectivity index (χ3v) is 1.77.